The highest BCUT2D eigenvalue weighted by Crippen LogP contribution is 2.43. The minimum Gasteiger partial charge on any atom is -0.378 e. The van der Waals surface area contributed by atoms with Crippen molar-refractivity contribution in [1.29, 1.82) is 0 Å². The second kappa shape index (κ2) is 10.4. The minimum atomic E-state index is 0.128. The highest BCUT2D eigenvalue weighted by Gasteiger charge is 2.39. The second-order valence-corrected chi connectivity index (χ2v) is 8.72. The van der Waals surface area contributed by atoms with E-state index in [0.29, 0.717) is 24.4 Å². The van der Waals surface area contributed by atoms with Crippen LogP contribution in [0.1, 0.15) is 66.2 Å². The molecule has 0 aromatic heterocycles. The fourth-order valence-electron chi connectivity index (χ4n) is 3.54. The van der Waals surface area contributed by atoms with Gasteiger partial charge in [0.25, 0.3) is 0 Å². The Morgan fingerprint density at radius 1 is 1.29 bits per heavy atom. The summed E-state index contributed by atoms with van der Waals surface area (Å²) in [7, 11) is 4.13. The number of ether oxygens (including phenoxy) is 1. The van der Waals surface area contributed by atoms with Crippen LogP contribution in [0.15, 0.2) is 0 Å². The van der Waals surface area contributed by atoms with E-state index in [-0.39, 0.29) is 11.3 Å². The van der Waals surface area contributed by atoms with E-state index in [1.54, 1.807) is 0 Å². The van der Waals surface area contributed by atoms with Gasteiger partial charge in [-0.15, -0.1) is 0 Å². The molecule has 0 unspecified atom stereocenters. The molecule has 142 valence electrons. The largest absolute Gasteiger partial charge is 0.378 e. The van der Waals surface area contributed by atoms with Gasteiger partial charge in [0.05, 0.1) is 6.10 Å². The first-order valence-electron chi connectivity index (χ1n) is 9.77. The number of carbonyl (C=O) groups is 1. The summed E-state index contributed by atoms with van der Waals surface area (Å²) in [5, 5.41) is 3.14. The Morgan fingerprint density at radius 2 is 2.00 bits per heavy atom. The molecule has 1 heterocycles. The van der Waals surface area contributed by atoms with Gasteiger partial charge in [-0.05, 0) is 63.6 Å². The third-order valence-corrected chi connectivity index (χ3v) is 5.23. The molecule has 0 spiro atoms. The van der Waals surface area contributed by atoms with Gasteiger partial charge in [-0.2, -0.15) is 0 Å². The molecule has 1 aliphatic rings. The van der Waals surface area contributed by atoms with Crippen LogP contribution in [0, 0.1) is 17.3 Å². The van der Waals surface area contributed by atoms with Gasteiger partial charge in [0.2, 0.25) is 5.91 Å². The average molecular weight is 341 g/mol. The lowest BCUT2D eigenvalue weighted by atomic mass is 9.69. The van der Waals surface area contributed by atoms with Crippen LogP contribution in [0.4, 0.5) is 0 Å². The summed E-state index contributed by atoms with van der Waals surface area (Å²) in [4.78, 5) is 14.7. The first-order valence-corrected chi connectivity index (χ1v) is 9.77. The Bertz CT molecular complexity index is 369. The standard InChI is InChI=1S/C20H40N2O2/c1-16(2)8-9-20(10-13-24-18(14-20)17(3)4)15-19(23)21-11-7-12-22(5)6/h16-18H,7-15H2,1-6H3,(H,21,23)/t18-,20+/m1/s1. The number of hydrogen-bond donors (Lipinski definition) is 1. The van der Waals surface area contributed by atoms with Gasteiger partial charge in [0.1, 0.15) is 0 Å². The lowest BCUT2D eigenvalue weighted by Crippen LogP contribution is -2.41. The summed E-state index contributed by atoms with van der Waals surface area (Å²) < 4.78 is 5.97. The van der Waals surface area contributed by atoms with Gasteiger partial charge in [-0.3, -0.25) is 4.79 Å². The van der Waals surface area contributed by atoms with Gasteiger partial charge >= 0.3 is 0 Å². The zero-order valence-electron chi connectivity index (χ0n) is 16.9. The van der Waals surface area contributed by atoms with Crippen molar-refractivity contribution in [3.63, 3.8) is 0 Å². The van der Waals surface area contributed by atoms with Crippen molar-refractivity contribution in [1.82, 2.24) is 10.2 Å². The number of hydrogen-bond acceptors (Lipinski definition) is 3. The molecule has 1 aliphatic heterocycles. The maximum atomic E-state index is 12.5. The summed E-state index contributed by atoms with van der Waals surface area (Å²) in [5.74, 6) is 1.43. The Labute approximate surface area is 149 Å². The number of rotatable bonds is 10. The summed E-state index contributed by atoms with van der Waals surface area (Å²) in [6.07, 6.45) is 6.36. The third kappa shape index (κ3) is 7.98. The molecule has 24 heavy (non-hydrogen) atoms. The average Bonchev–Trinajstić information content (AvgIpc) is 2.50. The van der Waals surface area contributed by atoms with Crippen LogP contribution in [0.5, 0.6) is 0 Å². The van der Waals surface area contributed by atoms with E-state index in [1.807, 2.05) is 0 Å². The van der Waals surface area contributed by atoms with Crippen molar-refractivity contribution in [2.75, 3.05) is 33.8 Å². The molecule has 0 aliphatic carbocycles. The van der Waals surface area contributed by atoms with Gasteiger partial charge in [-0.1, -0.05) is 34.1 Å². The molecule has 4 nitrogen and oxygen atoms in total. The Balaban J connectivity index is 2.59. The van der Waals surface area contributed by atoms with Crippen LogP contribution in [-0.4, -0.2) is 50.7 Å². The van der Waals surface area contributed by atoms with E-state index in [4.69, 9.17) is 4.74 Å². The van der Waals surface area contributed by atoms with Crippen molar-refractivity contribution >= 4 is 5.91 Å². The molecule has 4 heteroatoms. The lowest BCUT2D eigenvalue weighted by Gasteiger charge is -2.42. The van der Waals surface area contributed by atoms with Gasteiger partial charge in [0.15, 0.2) is 0 Å². The molecule has 0 aromatic rings. The topological polar surface area (TPSA) is 41.6 Å². The predicted molar refractivity (Wildman–Crippen MR) is 101 cm³/mol. The van der Waals surface area contributed by atoms with Gasteiger partial charge < -0.3 is 15.0 Å². The molecule has 0 saturated carbocycles. The molecule has 0 aromatic carbocycles. The van der Waals surface area contributed by atoms with E-state index in [9.17, 15) is 4.79 Å². The van der Waals surface area contributed by atoms with Crippen molar-refractivity contribution in [3.05, 3.63) is 0 Å². The monoisotopic (exact) mass is 340 g/mol. The zero-order valence-corrected chi connectivity index (χ0v) is 16.9. The molecule has 1 rings (SSSR count). The van der Waals surface area contributed by atoms with Crippen LogP contribution in [0.25, 0.3) is 0 Å². The Kier molecular flexibility index (Phi) is 9.28. The van der Waals surface area contributed by atoms with Crippen molar-refractivity contribution < 1.29 is 9.53 Å². The Morgan fingerprint density at radius 3 is 2.58 bits per heavy atom. The van der Waals surface area contributed by atoms with Gasteiger partial charge in [-0.25, -0.2) is 0 Å². The van der Waals surface area contributed by atoms with Crippen molar-refractivity contribution in [3.8, 4) is 0 Å². The number of nitrogens with zero attached hydrogens (tertiary/aromatic N) is 1. The first-order chi connectivity index (χ1) is 11.2. The molecular formula is C20H40N2O2. The molecule has 1 fully saturated rings. The fraction of sp³-hybridized carbons (Fsp3) is 0.950. The predicted octanol–water partition coefficient (Wildman–Crippen LogP) is 3.70. The second-order valence-electron chi connectivity index (χ2n) is 8.72. The van der Waals surface area contributed by atoms with E-state index >= 15 is 0 Å². The number of amides is 1. The van der Waals surface area contributed by atoms with Crippen LogP contribution in [0.2, 0.25) is 0 Å². The van der Waals surface area contributed by atoms with Crippen LogP contribution in [0.3, 0.4) is 0 Å². The zero-order chi connectivity index (χ0) is 18.2. The highest BCUT2D eigenvalue weighted by atomic mass is 16.5. The maximum Gasteiger partial charge on any atom is 0.220 e. The molecule has 1 N–H and O–H groups in total. The van der Waals surface area contributed by atoms with Crippen molar-refractivity contribution in [2.45, 2.75) is 72.3 Å². The molecular weight excluding hydrogens is 300 g/mol. The lowest BCUT2D eigenvalue weighted by molar-refractivity contribution is -0.128. The first kappa shape index (κ1) is 21.4. The quantitative estimate of drug-likeness (QED) is 0.617. The molecule has 0 bridgehead atoms. The van der Waals surface area contributed by atoms with Crippen LogP contribution >= 0.6 is 0 Å². The molecule has 1 amide bonds. The SMILES string of the molecule is CC(C)CC[C@]1(CC(=O)NCCCN(C)C)CCO[C@@H](C(C)C)C1. The summed E-state index contributed by atoms with van der Waals surface area (Å²) in [6.45, 7) is 11.6. The Hall–Kier alpha value is -0.610. The summed E-state index contributed by atoms with van der Waals surface area (Å²) in [6, 6.07) is 0. The minimum absolute atomic E-state index is 0.128. The number of nitrogens with one attached hydrogen (secondary N) is 1. The van der Waals surface area contributed by atoms with E-state index in [0.717, 1.165) is 45.4 Å². The normalized spacial score (nSPS) is 24.8. The van der Waals surface area contributed by atoms with Crippen LogP contribution < -0.4 is 5.32 Å². The summed E-state index contributed by atoms with van der Waals surface area (Å²) in [5.41, 5.74) is 0.128. The third-order valence-electron chi connectivity index (χ3n) is 5.23. The van der Waals surface area contributed by atoms with Crippen molar-refractivity contribution in [2.24, 2.45) is 17.3 Å². The maximum absolute atomic E-state index is 12.5. The fourth-order valence-corrected chi connectivity index (χ4v) is 3.54. The van der Waals surface area contributed by atoms with Gasteiger partial charge in [0, 0.05) is 19.6 Å². The summed E-state index contributed by atoms with van der Waals surface area (Å²) >= 11 is 0. The smallest absolute Gasteiger partial charge is 0.220 e. The van der Waals surface area contributed by atoms with Crippen LogP contribution in [-0.2, 0) is 9.53 Å². The highest BCUT2D eigenvalue weighted by molar-refractivity contribution is 5.76. The molecule has 0 radical (unpaired) electrons. The van der Waals surface area contributed by atoms with E-state index in [2.05, 4.69) is 52.0 Å². The van der Waals surface area contributed by atoms with E-state index < -0.39 is 0 Å². The van der Waals surface area contributed by atoms with E-state index in [1.165, 1.54) is 6.42 Å². The number of carbonyl (C=O) groups excluding carboxylic acids is 1. The molecule has 1 saturated heterocycles. The molecule has 2 atom stereocenters.